The number of nitrogens with zero attached hydrogens (tertiary/aromatic N) is 2. The molecule has 0 aromatic carbocycles. The molecular weight excluding hydrogens is 184 g/mol. The normalized spacial score (nSPS) is 10.7. The lowest BCUT2D eigenvalue weighted by molar-refractivity contribution is 1.24. The number of hydrogen-bond donors (Lipinski definition) is 0. The summed E-state index contributed by atoms with van der Waals surface area (Å²) in [4.78, 5) is 8.56. The number of hydrogen-bond acceptors (Lipinski definition) is 2. The van der Waals surface area contributed by atoms with Gasteiger partial charge in [-0.3, -0.25) is 9.97 Å². The molecule has 0 N–H and O–H groups in total. The Labute approximate surface area is 89.3 Å². The largest absolute Gasteiger partial charge is 0.255 e. The van der Waals surface area contributed by atoms with Crippen LogP contribution in [0.25, 0.3) is 17.5 Å². The molecule has 0 fully saturated rings. The highest BCUT2D eigenvalue weighted by Gasteiger charge is 1.99. The van der Waals surface area contributed by atoms with Crippen LogP contribution in [0, 0.1) is 0 Å². The summed E-state index contributed by atoms with van der Waals surface area (Å²) in [5, 5.41) is 0. The van der Waals surface area contributed by atoms with Gasteiger partial charge in [-0.2, -0.15) is 0 Å². The summed E-state index contributed by atoms with van der Waals surface area (Å²) >= 11 is 0. The minimum Gasteiger partial charge on any atom is -0.255 e. The Balaban J connectivity index is 2.41. The van der Waals surface area contributed by atoms with Gasteiger partial charge in [0.15, 0.2) is 0 Å². The molecule has 0 atom stereocenters. The molecule has 0 bridgehead atoms. The molecular formula is C13H12N2. The molecule has 0 saturated carbocycles. The third kappa shape index (κ3) is 2.29. The average Bonchev–Trinajstić information content (AvgIpc) is 2.31. The summed E-state index contributed by atoms with van der Waals surface area (Å²) in [5.74, 6) is 0. The molecule has 0 aliphatic heterocycles. The molecule has 2 heterocycles. The number of allylic oxidation sites excluding steroid dienone is 1. The van der Waals surface area contributed by atoms with E-state index in [0.29, 0.717) is 0 Å². The molecule has 74 valence electrons. The van der Waals surface area contributed by atoms with Gasteiger partial charge >= 0.3 is 0 Å². The van der Waals surface area contributed by atoms with Crippen LogP contribution in [0.15, 0.2) is 48.8 Å². The predicted molar refractivity (Wildman–Crippen MR) is 62.2 cm³/mol. The fraction of sp³-hybridized carbons (Fsp3) is 0.0769. The van der Waals surface area contributed by atoms with Gasteiger partial charge in [0.1, 0.15) is 0 Å². The van der Waals surface area contributed by atoms with Crippen LogP contribution in [0.1, 0.15) is 12.5 Å². The van der Waals surface area contributed by atoms with Crippen molar-refractivity contribution in [2.45, 2.75) is 6.92 Å². The molecule has 0 saturated heterocycles. The second kappa shape index (κ2) is 4.51. The standard InChI is InChI=1S/C13H12N2/c1-2-5-11-7-9-15-13(10-11)12-6-3-4-8-14-12/h2-10H,1H3/b5-2+. The average molecular weight is 196 g/mol. The van der Waals surface area contributed by atoms with E-state index in [4.69, 9.17) is 0 Å². The fourth-order valence-electron chi connectivity index (χ4n) is 1.40. The van der Waals surface area contributed by atoms with Crippen molar-refractivity contribution in [2.75, 3.05) is 0 Å². The van der Waals surface area contributed by atoms with Crippen LogP contribution < -0.4 is 0 Å². The van der Waals surface area contributed by atoms with Crippen molar-refractivity contribution in [1.29, 1.82) is 0 Å². The van der Waals surface area contributed by atoms with Crippen molar-refractivity contribution >= 4 is 6.08 Å². The molecule has 2 aromatic rings. The van der Waals surface area contributed by atoms with E-state index in [-0.39, 0.29) is 0 Å². The Kier molecular flexibility index (Phi) is 2.88. The predicted octanol–water partition coefficient (Wildman–Crippen LogP) is 3.18. The van der Waals surface area contributed by atoms with Crippen molar-refractivity contribution in [1.82, 2.24) is 9.97 Å². The fourth-order valence-corrected chi connectivity index (χ4v) is 1.40. The van der Waals surface area contributed by atoms with Crippen molar-refractivity contribution in [3.63, 3.8) is 0 Å². The van der Waals surface area contributed by atoms with E-state index in [1.807, 2.05) is 49.4 Å². The summed E-state index contributed by atoms with van der Waals surface area (Å²) in [6.07, 6.45) is 7.64. The van der Waals surface area contributed by atoms with E-state index in [1.54, 1.807) is 12.4 Å². The maximum Gasteiger partial charge on any atom is 0.0892 e. The summed E-state index contributed by atoms with van der Waals surface area (Å²) in [5.41, 5.74) is 2.96. The van der Waals surface area contributed by atoms with Gasteiger partial charge in [0.05, 0.1) is 11.4 Å². The Morgan fingerprint density at radius 1 is 1.00 bits per heavy atom. The van der Waals surface area contributed by atoms with Gasteiger partial charge in [-0.1, -0.05) is 18.2 Å². The van der Waals surface area contributed by atoms with Crippen molar-refractivity contribution in [3.8, 4) is 11.4 Å². The van der Waals surface area contributed by atoms with E-state index in [9.17, 15) is 0 Å². The highest BCUT2D eigenvalue weighted by molar-refractivity contribution is 5.60. The van der Waals surface area contributed by atoms with Crippen LogP contribution in [0.3, 0.4) is 0 Å². The van der Waals surface area contributed by atoms with Crippen LogP contribution in [-0.2, 0) is 0 Å². The van der Waals surface area contributed by atoms with E-state index < -0.39 is 0 Å². The number of aromatic nitrogens is 2. The maximum absolute atomic E-state index is 4.30. The quantitative estimate of drug-likeness (QED) is 0.737. The first-order valence-electron chi connectivity index (χ1n) is 4.90. The molecule has 15 heavy (non-hydrogen) atoms. The monoisotopic (exact) mass is 196 g/mol. The molecule has 2 nitrogen and oxygen atoms in total. The van der Waals surface area contributed by atoms with Gasteiger partial charge in [-0.05, 0) is 36.8 Å². The van der Waals surface area contributed by atoms with E-state index in [2.05, 4.69) is 9.97 Å². The zero-order valence-electron chi connectivity index (χ0n) is 8.59. The third-order valence-corrected chi connectivity index (χ3v) is 2.07. The third-order valence-electron chi connectivity index (χ3n) is 2.07. The number of pyridine rings is 2. The van der Waals surface area contributed by atoms with E-state index in [1.165, 1.54) is 0 Å². The van der Waals surface area contributed by atoms with Crippen molar-refractivity contribution < 1.29 is 0 Å². The van der Waals surface area contributed by atoms with Crippen LogP contribution in [0.2, 0.25) is 0 Å². The van der Waals surface area contributed by atoms with Crippen LogP contribution >= 0.6 is 0 Å². The zero-order valence-corrected chi connectivity index (χ0v) is 8.59. The second-order valence-corrected chi connectivity index (χ2v) is 3.19. The van der Waals surface area contributed by atoms with Gasteiger partial charge in [0.25, 0.3) is 0 Å². The molecule has 0 amide bonds. The minimum absolute atomic E-state index is 0.906. The molecule has 0 unspecified atom stereocenters. The lowest BCUT2D eigenvalue weighted by Gasteiger charge is -2.00. The van der Waals surface area contributed by atoms with Crippen LogP contribution in [0.5, 0.6) is 0 Å². The highest BCUT2D eigenvalue weighted by atomic mass is 14.8. The summed E-state index contributed by atoms with van der Waals surface area (Å²) in [7, 11) is 0. The molecule has 0 aliphatic carbocycles. The summed E-state index contributed by atoms with van der Waals surface area (Å²) in [6.45, 7) is 2.00. The maximum atomic E-state index is 4.30. The minimum atomic E-state index is 0.906. The number of rotatable bonds is 2. The Bertz CT molecular complexity index is 461. The van der Waals surface area contributed by atoms with Gasteiger partial charge in [0.2, 0.25) is 0 Å². The molecule has 2 aromatic heterocycles. The van der Waals surface area contributed by atoms with Crippen molar-refractivity contribution in [2.24, 2.45) is 0 Å². The van der Waals surface area contributed by atoms with Crippen molar-refractivity contribution in [3.05, 3.63) is 54.4 Å². The molecule has 0 radical (unpaired) electrons. The topological polar surface area (TPSA) is 25.8 Å². The Morgan fingerprint density at radius 2 is 1.87 bits per heavy atom. The van der Waals surface area contributed by atoms with Crippen LogP contribution in [-0.4, -0.2) is 9.97 Å². The second-order valence-electron chi connectivity index (χ2n) is 3.19. The van der Waals surface area contributed by atoms with E-state index >= 15 is 0 Å². The summed E-state index contributed by atoms with van der Waals surface area (Å²) < 4.78 is 0. The van der Waals surface area contributed by atoms with Gasteiger partial charge in [0, 0.05) is 12.4 Å². The SMILES string of the molecule is C/C=C/c1ccnc(-c2ccccn2)c1. The zero-order chi connectivity index (χ0) is 10.5. The highest BCUT2D eigenvalue weighted by Crippen LogP contribution is 2.15. The first-order valence-corrected chi connectivity index (χ1v) is 4.90. The Morgan fingerprint density at radius 3 is 2.60 bits per heavy atom. The molecule has 0 spiro atoms. The lowest BCUT2D eigenvalue weighted by Crippen LogP contribution is -1.86. The van der Waals surface area contributed by atoms with Crippen LogP contribution in [0.4, 0.5) is 0 Å². The smallest absolute Gasteiger partial charge is 0.0892 e. The van der Waals surface area contributed by atoms with Gasteiger partial charge < -0.3 is 0 Å². The molecule has 0 aliphatic rings. The van der Waals surface area contributed by atoms with Gasteiger partial charge in [-0.25, -0.2) is 0 Å². The first kappa shape index (κ1) is 9.59. The van der Waals surface area contributed by atoms with Gasteiger partial charge in [-0.15, -0.1) is 0 Å². The molecule has 2 rings (SSSR count). The van der Waals surface area contributed by atoms with E-state index in [0.717, 1.165) is 17.0 Å². The Hall–Kier alpha value is -1.96. The first-order chi connectivity index (χ1) is 7.40. The molecule has 2 heteroatoms. The lowest BCUT2D eigenvalue weighted by atomic mass is 10.2. The summed E-state index contributed by atoms with van der Waals surface area (Å²) in [6, 6.07) is 9.84.